The van der Waals surface area contributed by atoms with Crippen LogP contribution in [-0.4, -0.2) is 9.85 Å². The van der Waals surface area contributed by atoms with E-state index in [1.807, 2.05) is 72.8 Å². The van der Waals surface area contributed by atoms with Crippen LogP contribution in [0, 0.1) is 20.2 Å². The number of nitro groups is 2. The summed E-state index contributed by atoms with van der Waals surface area (Å²) in [5.74, 6) is 0. The molecular formula is C26H20FeN2O4-6. The summed E-state index contributed by atoms with van der Waals surface area (Å²) in [5.41, 5.74) is 4.38. The summed E-state index contributed by atoms with van der Waals surface area (Å²) in [6.07, 6.45) is 7.81. The summed E-state index contributed by atoms with van der Waals surface area (Å²) in [7, 11) is 0. The van der Waals surface area contributed by atoms with Crippen molar-refractivity contribution in [2.75, 3.05) is 0 Å². The van der Waals surface area contributed by atoms with Crippen molar-refractivity contribution >= 4 is 35.7 Å². The van der Waals surface area contributed by atoms with Crippen LogP contribution in [0.5, 0.6) is 0 Å². The number of nitrogens with zero attached hydrogens (tertiary/aromatic N) is 2. The average Bonchev–Trinajstić information content (AvgIpc) is 3.51. The maximum atomic E-state index is 10.4. The van der Waals surface area contributed by atoms with E-state index in [4.69, 9.17) is 0 Å². The molecule has 7 heteroatoms. The molecule has 0 atom stereocenters. The second-order valence-electron chi connectivity index (χ2n) is 6.80. The minimum absolute atomic E-state index is 0. The minimum atomic E-state index is -0.398. The first kappa shape index (κ1) is 25.2. The van der Waals surface area contributed by atoms with Gasteiger partial charge >= 0.3 is 0 Å². The smallest absolute Gasteiger partial charge is 0.269 e. The van der Waals surface area contributed by atoms with Gasteiger partial charge in [0.15, 0.2) is 0 Å². The van der Waals surface area contributed by atoms with Crippen molar-refractivity contribution in [2.24, 2.45) is 0 Å². The van der Waals surface area contributed by atoms with E-state index in [9.17, 15) is 20.2 Å². The van der Waals surface area contributed by atoms with Crippen molar-refractivity contribution in [3.05, 3.63) is 140 Å². The van der Waals surface area contributed by atoms with Gasteiger partial charge in [0, 0.05) is 41.3 Å². The van der Waals surface area contributed by atoms with Gasteiger partial charge in [0.2, 0.25) is 0 Å². The van der Waals surface area contributed by atoms with Crippen molar-refractivity contribution in [2.45, 2.75) is 0 Å². The quantitative estimate of drug-likeness (QED) is 0.129. The van der Waals surface area contributed by atoms with E-state index in [0.29, 0.717) is 0 Å². The second-order valence-corrected chi connectivity index (χ2v) is 6.80. The molecule has 172 valence electrons. The van der Waals surface area contributed by atoms with Gasteiger partial charge in [-0.05, 0) is 0 Å². The Morgan fingerprint density at radius 1 is 0.697 bits per heavy atom. The normalized spacial score (nSPS) is 10.4. The van der Waals surface area contributed by atoms with Crippen molar-refractivity contribution in [1.29, 1.82) is 0 Å². The Bertz CT molecular complexity index is 1090. The number of non-ortho nitro benzene ring substituents is 2. The van der Waals surface area contributed by atoms with E-state index in [-0.39, 0.29) is 28.4 Å². The fourth-order valence-electron chi connectivity index (χ4n) is 2.80. The molecule has 0 fully saturated rings. The molecule has 0 saturated heterocycles. The minimum Gasteiger partial charge on any atom is -0.686 e. The average molecular weight is 480 g/mol. The molecule has 0 bridgehead atoms. The first-order valence-corrected chi connectivity index (χ1v) is 9.80. The van der Waals surface area contributed by atoms with Gasteiger partial charge in [-0.1, -0.05) is 29.8 Å². The number of hydrogen-bond donors (Lipinski definition) is 0. The van der Waals surface area contributed by atoms with E-state index in [1.165, 1.54) is 24.3 Å². The summed E-state index contributed by atoms with van der Waals surface area (Å²) in [5, 5.41) is 20.9. The predicted octanol–water partition coefficient (Wildman–Crippen LogP) is 6.97. The largest absolute Gasteiger partial charge is 0.686 e. The summed E-state index contributed by atoms with van der Waals surface area (Å²) in [4.78, 5) is 20.1. The Labute approximate surface area is 202 Å². The van der Waals surface area contributed by atoms with Gasteiger partial charge in [-0.15, -0.1) is 29.8 Å². The summed E-state index contributed by atoms with van der Waals surface area (Å²) in [6.45, 7) is 0. The Kier molecular flexibility index (Phi) is 9.71. The summed E-state index contributed by atoms with van der Waals surface area (Å²) in [6, 6.07) is 28.8. The first-order chi connectivity index (χ1) is 15.5. The molecule has 4 aromatic carbocycles. The fraction of sp³-hybridized carbons (Fsp3) is 0. The van der Waals surface area contributed by atoms with E-state index in [0.717, 1.165) is 22.3 Å². The zero-order chi connectivity index (χ0) is 22.8. The van der Waals surface area contributed by atoms with Crippen molar-refractivity contribution in [3.8, 4) is 0 Å². The van der Waals surface area contributed by atoms with Crippen LogP contribution in [0.15, 0.2) is 97.1 Å². The van der Waals surface area contributed by atoms with E-state index in [2.05, 4.69) is 0 Å². The molecule has 0 amide bonds. The SMILES string of the molecule is O=[N+]([O-])c1ccc(C=C[c-]2[cH-][cH-][cH-][cH-]2)cc1.O=[N+]([O-])c1ccc(C=C[c-]2cccc2)cc1.[Fe]. The molecule has 0 unspecified atom stereocenters. The monoisotopic (exact) mass is 480 g/mol. The fourth-order valence-corrected chi connectivity index (χ4v) is 2.80. The van der Waals surface area contributed by atoms with Crippen LogP contribution in [0.1, 0.15) is 22.3 Å². The molecule has 0 aliphatic carbocycles. The molecule has 33 heavy (non-hydrogen) atoms. The molecule has 0 saturated carbocycles. The molecule has 0 heterocycles. The Hall–Kier alpha value is -4.06. The third-order valence-corrected chi connectivity index (χ3v) is 4.52. The topological polar surface area (TPSA) is 86.3 Å². The molecule has 0 N–H and O–H groups in total. The van der Waals surface area contributed by atoms with Crippen molar-refractivity contribution in [3.63, 3.8) is 0 Å². The molecule has 0 aliphatic heterocycles. The zero-order valence-electron chi connectivity index (χ0n) is 17.4. The number of hydrogen-bond acceptors (Lipinski definition) is 4. The van der Waals surface area contributed by atoms with Gasteiger partial charge < -0.3 is 42.0 Å². The van der Waals surface area contributed by atoms with Crippen LogP contribution in [-0.2, 0) is 17.1 Å². The second kappa shape index (κ2) is 12.7. The molecule has 0 aromatic heterocycles. The van der Waals surface area contributed by atoms with Gasteiger partial charge in [-0.3, -0.25) is 20.2 Å². The predicted molar refractivity (Wildman–Crippen MR) is 128 cm³/mol. The first-order valence-electron chi connectivity index (χ1n) is 9.80. The Morgan fingerprint density at radius 2 is 1.12 bits per heavy atom. The molecular weight excluding hydrogens is 460 g/mol. The third kappa shape index (κ3) is 8.18. The Balaban J connectivity index is 0.000000227. The zero-order valence-corrected chi connectivity index (χ0v) is 18.5. The van der Waals surface area contributed by atoms with Gasteiger partial charge in [0.25, 0.3) is 11.4 Å². The van der Waals surface area contributed by atoms with Gasteiger partial charge in [0.1, 0.15) is 0 Å². The molecule has 4 rings (SSSR count). The summed E-state index contributed by atoms with van der Waals surface area (Å²) < 4.78 is 0. The Morgan fingerprint density at radius 3 is 1.55 bits per heavy atom. The van der Waals surface area contributed by atoms with Crippen molar-refractivity contribution < 1.29 is 26.9 Å². The molecule has 0 spiro atoms. The standard InChI is InChI=1S/2C13H10NO2.Fe/c2*15-14(16)13-9-7-12(8-10-13)6-5-11-3-1-2-4-11;/h2*1-10H;/q-5;-1;. The van der Waals surface area contributed by atoms with Crippen LogP contribution in [0.2, 0.25) is 0 Å². The van der Waals surface area contributed by atoms with E-state index < -0.39 is 9.85 Å². The number of rotatable bonds is 6. The van der Waals surface area contributed by atoms with Gasteiger partial charge in [-0.25, -0.2) is 0 Å². The third-order valence-electron chi connectivity index (χ3n) is 4.52. The van der Waals surface area contributed by atoms with Crippen LogP contribution in [0.25, 0.3) is 24.3 Å². The molecule has 0 radical (unpaired) electrons. The van der Waals surface area contributed by atoms with Crippen LogP contribution >= 0.6 is 0 Å². The number of benzene rings is 2. The van der Waals surface area contributed by atoms with Gasteiger partial charge in [0.05, 0.1) is 9.85 Å². The van der Waals surface area contributed by atoms with Crippen molar-refractivity contribution in [1.82, 2.24) is 0 Å². The van der Waals surface area contributed by atoms with Crippen LogP contribution < -0.4 is 0 Å². The maximum absolute atomic E-state index is 10.4. The summed E-state index contributed by atoms with van der Waals surface area (Å²) >= 11 is 0. The molecule has 4 aromatic rings. The molecule has 6 nitrogen and oxygen atoms in total. The van der Waals surface area contributed by atoms with E-state index in [1.54, 1.807) is 24.3 Å². The number of nitro benzene ring substituents is 2. The van der Waals surface area contributed by atoms with Crippen LogP contribution in [0.4, 0.5) is 11.4 Å². The van der Waals surface area contributed by atoms with E-state index >= 15 is 0 Å². The van der Waals surface area contributed by atoms with Gasteiger partial charge in [-0.2, -0.15) is 17.7 Å². The van der Waals surface area contributed by atoms with Crippen LogP contribution in [0.3, 0.4) is 0 Å². The maximum Gasteiger partial charge on any atom is 0.269 e. The molecule has 0 aliphatic rings.